The highest BCUT2D eigenvalue weighted by atomic mass is 35.5. The van der Waals surface area contributed by atoms with E-state index in [0.29, 0.717) is 0 Å². The fourth-order valence-corrected chi connectivity index (χ4v) is 5.43. The summed E-state index contributed by atoms with van der Waals surface area (Å²) in [7, 11) is -2.24. The third-order valence-electron chi connectivity index (χ3n) is 4.31. The number of hydrogen-bond acceptors (Lipinski definition) is 4. The first-order valence-electron chi connectivity index (χ1n) is 5.83. The number of rotatable bonds is 2. The molecule has 1 aliphatic heterocycles. The Labute approximate surface area is 109 Å². The predicted molar refractivity (Wildman–Crippen MR) is 69.8 cm³/mol. The third kappa shape index (κ3) is 2.17. The van der Waals surface area contributed by atoms with Gasteiger partial charge in [0.1, 0.15) is 26.4 Å². The minimum atomic E-state index is -2.24. The molecule has 0 amide bonds. The first-order valence-corrected chi connectivity index (χ1v) is 9.20. The van der Waals surface area contributed by atoms with Crippen molar-refractivity contribution in [2.24, 2.45) is 0 Å². The maximum atomic E-state index is 10.1. The molecule has 1 rings (SSSR count). The molecular formula is C11H23ClO4Si. The van der Waals surface area contributed by atoms with Crippen LogP contribution in [-0.2, 0) is 4.74 Å². The number of halogens is 1. The molecule has 0 aromatic rings. The molecule has 0 aromatic carbocycles. The molecule has 0 saturated carbocycles. The van der Waals surface area contributed by atoms with E-state index in [-0.39, 0.29) is 11.6 Å². The van der Waals surface area contributed by atoms with Crippen molar-refractivity contribution in [3.63, 3.8) is 0 Å². The van der Waals surface area contributed by atoms with Crippen molar-refractivity contribution < 1.29 is 20.1 Å². The molecule has 1 aliphatic rings. The topological polar surface area (TPSA) is 69.9 Å². The maximum Gasteiger partial charge on any atom is 0.156 e. The Morgan fingerprint density at radius 1 is 1.29 bits per heavy atom. The number of aliphatic hydroxyl groups is 3. The minimum Gasteiger partial charge on any atom is -0.394 e. The Bertz CT molecular complexity index is 292. The molecule has 4 nitrogen and oxygen atoms in total. The standard InChI is InChI=1S/C11H23ClO4Si/c1-10(2,3)17(4,5)11(12)9(15)8(14)7(6-13)16-11/h7-9,13-15H,6H2,1-5H3/t7-,8-,9-,11-/m1/s1. The smallest absolute Gasteiger partial charge is 0.156 e. The predicted octanol–water partition coefficient (Wildman–Crippen LogP) is 1.08. The van der Waals surface area contributed by atoms with Crippen molar-refractivity contribution in [1.82, 2.24) is 0 Å². The van der Waals surface area contributed by atoms with Gasteiger partial charge in [0, 0.05) is 0 Å². The van der Waals surface area contributed by atoms with Crippen LogP contribution >= 0.6 is 11.6 Å². The molecule has 6 heteroatoms. The zero-order chi connectivity index (χ0) is 13.6. The van der Waals surface area contributed by atoms with Gasteiger partial charge in [-0.15, -0.1) is 0 Å². The molecule has 1 saturated heterocycles. The monoisotopic (exact) mass is 282 g/mol. The van der Waals surface area contributed by atoms with Gasteiger partial charge in [-0.2, -0.15) is 0 Å². The molecule has 0 bridgehead atoms. The lowest BCUT2D eigenvalue weighted by Gasteiger charge is -2.47. The fourth-order valence-electron chi connectivity index (χ4n) is 1.96. The Hall–Kier alpha value is 0.347. The van der Waals surface area contributed by atoms with E-state index in [0.717, 1.165) is 0 Å². The lowest BCUT2D eigenvalue weighted by atomic mass is 10.1. The van der Waals surface area contributed by atoms with Crippen LogP contribution in [0.4, 0.5) is 0 Å². The Balaban J connectivity index is 3.12. The minimum absolute atomic E-state index is 0.0974. The molecule has 17 heavy (non-hydrogen) atoms. The maximum absolute atomic E-state index is 10.1. The molecule has 1 heterocycles. The normalized spacial score (nSPS) is 39.7. The zero-order valence-electron chi connectivity index (χ0n) is 11.1. The second-order valence-electron chi connectivity index (χ2n) is 6.29. The van der Waals surface area contributed by atoms with E-state index in [2.05, 4.69) is 20.8 Å². The Morgan fingerprint density at radius 3 is 2.06 bits per heavy atom. The summed E-state index contributed by atoms with van der Waals surface area (Å²) >= 11 is 6.48. The van der Waals surface area contributed by atoms with Crippen LogP contribution in [0.1, 0.15) is 20.8 Å². The van der Waals surface area contributed by atoms with Crippen molar-refractivity contribution in [3.8, 4) is 0 Å². The van der Waals surface area contributed by atoms with Gasteiger partial charge in [-0.25, -0.2) is 0 Å². The average Bonchev–Trinajstić information content (AvgIpc) is 2.42. The fraction of sp³-hybridized carbons (Fsp3) is 1.00. The van der Waals surface area contributed by atoms with Gasteiger partial charge in [0.25, 0.3) is 0 Å². The summed E-state index contributed by atoms with van der Waals surface area (Å²) in [5, 5.41) is 29.0. The number of aliphatic hydroxyl groups excluding tert-OH is 3. The average molecular weight is 283 g/mol. The van der Waals surface area contributed by atoms with E-state index < -0.39 is 31.1 Å². The molecule has 0 aromatic heterocycles. The van der Waals surface area contributed by atoms with E-state index in [1.54, 1.807) is 0 Å². The summed E-state index contributed by atoms with van der Waals surface area (Å²) in [5.74, 6) is 0. The first-order chi connectivity index (χ1) is 7.49. The van der Waals surface area contributed by atoms with Gasteiger partial charge in [-0.1, -0.05) is 45.5 Å². The van der Waals surface area contributed by atoms with Gasteiger partial charge in [0.15, 0.2) is 4.68 Å². The van der Waals surface area contributed by atoms with Gasteiger partial charge in [0.2, 0.25) is 0 Å². The summed E-state index contributed by atoms with van der Waals surface area (Å²) < 4.78 is 4.33. The molecule has 3 N–H and O–H groups in total. The van der Waals surface area contributed by atoms with E-state index in [1.165, 1.54) is 0 Å². The number of hydrogen-bond donors (Lipinski definition) is 3. The van der Waals surface area contributed by atoms with Crippen LogP contribution < -0.4 is 0 Å². The number of alkyl halides is 1. The van der Waals surface area contributed by atoms with Crippen molar-refractivity contribution in [2.75, 3.05) is 6.61 Å². The van der Waals surface area contributed by atoms with Gasteiger partial charge in [-0.3, -0.25) is 0 Å². The third-order valence-corrected chi connectivity index (χ3v) is 11.9. The van der Waals surface area contributed by atoms with Crippen LogP contribution in [-0.4, -0.2) is 53.0 Å². The quantitative estimate of drug-likeness (QED) is 0.524. The largest absolute Gasteiger partial charge is 0.394 e. The van der Waals surface area contributed by atoms with Crippen LogP contribution in [0.3, 0.4) is 0 Å². The highest BCUT2D eigenvalue weighted by Gasteiger charge is 2.64. The summed E-state index contributed by atoms with van der Waals surface area (Å²) in [4.78, 5) is 0. The molecule has 102 valence electrons. The summed E-state index contributed by atoms with van der Waals surface area (Å²) in [6, 6.07) is 0. The summed E-state index contributed by atoms with van der Waals surface area (Å²) in [6.45, 7) is 9.86. The van der Waals surface area contributed by atoms with Crippen LogP contribution in [0.2, 0.25) is 18.1 Å². The number of ether oxygens (including phenoxy) is 1. The highest BCUT2D eigenvalue weighted by Crippen LogP contribution is 2.51. The van der Waals surface area contributed by atoms with E-state index >= 15 is 0 Å². The Morgan fingerprint density at radius 2 is 1.76 bits per heavy atom. The van der Waals surface area contributed by atoms with E-state index in [4.69, 9.17) is 21.4 Å². The summed E-state index contributed by atoms with van der Waals surface area (Å²) in [6.07, 6.45) is -3.11. The first kappa shape index (κ1) is 15.4. The van der Waals surface area contributed by atoms with Gasteiger partial charge in [0.05, 0.1) is 6.61 Å². The van der Waals surface area contributed by atoms with E-state index in [9.17, 15) is 10.2 Å². The SMILES string of the molecule is CC(C)(C)[Si](C)(C)[C@]1(Cl)O[C@H](CO)[C@@H](O)[C@H]1O. The van der Waals surface area contributed by atoms with Crippen LogP contribution in [0.5, 0.6) is 0 Å². The van der Waals surface area contributed by atoms with Crippen molar-refractivity contribution in [3.05, 3.63) is 0 Å². The van der Waals surface area contributed by atoms with Gasteiger partial charge >= 0.3 is 0 Å². The van der Waals surface area contributed by atoms with E-state index in [1.807, 2.05) is 13.1 Å². The molecule has 0 spiro atoms. The second-order valence-corrected chi connectivity index (χ2v) is 12.7. The molecule has 1 fully saturated rings. The summed E-state index contributed by atoms with van der Waals surface area (Å²) in [5.41, 5.74) is 0. The lowest BCUT2D eigenvalue weighted by Crippen LogP contribution is -2.62. The van der Waals surface area contributed by atoms with Gasteiger partial charge in [-0.05, 0) is 5.04 Å². The van der Waals surface area contributed by atoms with Crippen LogP contribution in [0, 0.1) is 0 Å². The second kappa shape index (κ2) is 4.47. The molecular weight excluding hydrogens is 260 g/mol. The molecule has 4 atom stereocenters. The van der Waals surface area contributed by atoms with Gasteiger partial charge < -0.3 is 20.1 Å². The van der Waals surface area contributed by atoms with Crippen molar-refractivity contribution in [2.45, 2.75) is 61.9 Å². The van der Waals surface area contributed by atoms with Crippen LogP contribution in [0.15, 0.2) is 0 Å². The molecule has 0 unspecified atom stereocenters. The zero-order valence-corrected chi connectivity index (χ0v) is 12.8. The van der Waals surface area contributed by atoms with Crippen molar-refractivity contribution >= 4 is 19.7 Å². The lowest BCUT2D eigenvalue weighted by molar-refractivity contribution is -0.0173. The Kier molecular flexibility index (Phi) is 4.05. The van der Waals surface area contributed by atoms with Crippen molar-refractivity contribution in [1.29, 1.82) is 0 Å². The molecule has 0 radical (unpaired) electrons. The molecule has 0 aliphatic carbocycles. The van der Waals surface area contributed by atoms with Crippen LogP contribution in [0.25, 0.3) is 0 Å². The highest BCUT2D eigenvalue weighted by molar-refractivity contribution is 6.89.